The molecule has 2 atom stereocenters. The molecule has 1 N–H and O–H groups in total. The molecule has 1 heterocycles. The third kappa shape index (κ3) is 2.00. The lowest BCUT2D eigenvalue weighted by molar-refractivity contribution is -0.141. The van der Waals surface area contributed by atoms with E-state index in [0.717, 1.165) is 13.1 Å². The second kappa shape index (κ2) is 4.07. The average molecular weight is 185 g/mol. The molecule has 1 aliphatic heterocycles. The van der Waals surface area contributed by atoms with Crippen LogP contribution in [0.1, 0.15) is 6.92 Å². The summed E-state index contributed by atoms with van der Waals surface area (Å²) in [6, 6.07) is 0.444. The number of carbonyl (C=O) groups is 1. The summed E-state index contributed by atoms with van der Waals surface area (Å²) < 4.78 is 0. The summed E-state index contributed by atoms with van der Waals surface area (Å²) in [5, 5.41) is 3.05. The van der Waals surface area contributed by atoms with Gasteiger partial charge in [-0.1, -0.05) is 0 Å². The Morgan fingerprint density at radius 1 is 1.54 bits per heavy atom. The second-order valence-electron chi connectivity index (χ2n) is 3.81. The van der Waals surface area contributed by atoms with Gasteiger partial charge in [-0.25, -0.2) is 0 Å². The van der Waals surface area contributed by atoms with E-state index in [4.69, 9.17) is 0 Å². The van der Waals surface area contributed by atoms with Crippen molar-refractivity contribution in [2.45, 2.75) is 19.0 Å². The fourth-order valence-corrected chi connectivity index (χ4v) is 1.78. The first kappa shape index (κ1) is 10.5. The molecule has 0 aromatic carbocycles. The summed E-state index contributed by atoms with van der Waals surface area (Å²) in [5.41, 5.74) is 0. The standard InChI is InChI=1S/C9H19N3O/c1-7-6-11(3)9(13)8(5-10-2)12(7)4/h7-8,10H,5-6H2,1-4H3. The lowest BCUT2D eigenvalue weighted by Gasteiger charge is -2.41. The van der Waals surface area contributed by atoms with Crippen molar-refractivity contribution in [2.75, 3.05) is 34.2 Å². The van der Waals surface area contributed by atoms with E-state index in [9.17, 15) is 4.79 Å². The van der Waals surface area contributed by atoms with Crippen molar-refractivity contribution in [1.82, 2.24) is 15.1 Å². The highest BCUT2D eigenvalue weighted by Crippen LogP contribution is 2.12. The Labute approximate surface area is 79.9 Å². The SMILES string of the molecule is CNCC1C(=O)N(C)CC(C)N1C. The van der Waals surface area contributed by atoms with E-state index < -0.39 is 0 Å². The summed E-state index contributed by atoms with van der Waals surface area (Å²) in [6.07, 6.45) is 0. The van der Waals surface area contributed by atoms with Crippen LogP contribution >= 0.6 is 0 Å². The van der Waals surface area contributed by atoms with E-state index in [-0.39, 0.29) is 11.9 Å². The van der Waals surface area contributed by atoms with Gasteiger partial charge in [-0.05, 0) is 21.0 Å². The summed E-state index contributed by atoms with van der Waals surface area (Å²) in [7, 11) is 5.76. The van der Waals surface area contributed by atoms with Gasteiger partial charge in [0.15, 0.2) is 0 Å². The fourth-order valence-electron chi connectivity index (χ4n) is 1.78. The Morgan fingerprint density at radius 3 is 2.69 bits per heavy atom. The molecule has 2 unspecified atom stereocenters. The summed E-state index contributed by atoms with van der Waals surface area (Å²) in [6.45, 7) is 3.70. The molecule has 0 aromatic rings. The van der Waals surface area contributed by atoms with Gasteiger partial charge in [0.2, 0.25) is 5.91 Å². The van der Waals surface area contributed by atoms with Crippen LogP contribution in [0.25, 0.3) is 0 Å². The maximum Gasteiger partial charge on any atom is 0.241 e. The van der Waals surface area contributed by atoms with Crippen LogP contribution in [0.4, 0.5) is 0 Å². The number of piperazine rings is 1. The summed E-state index contributed by atoms with van der Waals surface area (Å²) in [5.74, 6) is 0.218. The molecule has 0 bridgehead atoms. The molecule has 0 aliphatic carbocycles. The predicted octanol–water partition coefficient (Wildman–Crippen LogP) is -0.633. The molecule has 1 fully saturated rings. The van der Waals surface area contributed by atoms with Gasteiger partial charge < -0.3 is 10.2 Å². The van der Waals surface area contributed by atoms with Crippen LogP contribution in [0.3, 0.4) is 0 Å². The summed E-state index contributed by atoms with van der Waals surface area (Å²) >= 11 is 0. The molecular formula is C9H19N3O. The number of nitrogens with one attached hydrogen (secondary N) is 1. The van der Waals surface area contributed by atoms with E-state index in [2.05, 4.69) is 17.1 Å². The first-order chi connectivity index (χ1) is 6.07. The van der Waals surface area contributed by atoms with E-state index in [1.807, 2.05) is 26.0 Å². The van der Waals surface area contributed by atoms with Gasteiger partial charge in [0.25, 0.3) is 0 Å². The number of carbonyl (C=O) groups excluding carboxylic acids is 1. The minimum atomic E-state index is -0.00116. The first-order valence-corrected chi connectivity index (χ1v) is 4.69. The normalized spacial score (nSPS) is 31.1. The van der Waals surface area contributed by atoms with Crippen LogP contribution in [0.15, 0.2) is 0 Å². The second-order valence-corrected chi connectivity index (χ2v) is 3.81. The monoisotopic (exact) mass is 185 g/mol. The van der Waals surface area contributed by atoms with Crippen LogP contribution in [0.5, 0.6) is 0 Å². The minimum absolute atomic E-state index is 0.00116. The molecule has 1 aliphatic rings. The number of hydrogen-bond acceptors (Lipinski definition) is 3. The van der Waals surface area contributed by atoms with E-state index in [1.165, 1.54) is 0 Å². The third-order valence-electron chi connectivity index (χ3n) is 2.78. The Kier molecular flexibility index (Phi) is 3.27. The van der Waals surface area contributed by atoms with Gasteiger partial charge in [-0.2, -0.15) is 0 Å². The zero-order valence-electron chi connectivity index (χ0n) is 8.87. The molecule has 1 amide bonds. The highest BCUT2D eigenvalue weighted by molar-refractivity contribution is 5.82. The van der Waals surface area contributed by atoms with Gasteiger partial charge in [0.1, 0.15) is 6.04 Å². The molecular weight excluding hydrogens is 166 g/mol. The van der Waals surface area contributed by atoms with Crippen molar-refractivity contribution in [1.29, 1.82) is 0 Å². The number of rotatable bonds is 2. The zero-order valence-corrected chi connectivity index (χ0v) is 8.87. The van der Waals surface area contributed by atoms with Crippen molar-refractivity contribution in [2.24, 2.45) is 0 Å². The quantitative estimate of drug-likeness (QED) is 0.622. The lowest BCUT2D eigenvalue weighted by Crippen LogP contribution is -2.60. The van der Waals surface area contributed by atoms with Crippen LogP contribution in [0, 0.1) is 0 Å². The zero-order chi connectivity index (χ0) is 10.0. The molecule has 4 heteroatoms. The van der Waals surface area contributed by atoms with Crippen LogP contribution in [-0.4, -0.2) is 62.0 Å². The maximum atomic E-state index is 11.7. The van der Waals surface area contributed by atoms with Gasteiger partial charge in [-0.3, -0.25) is 9.69 Å². The van der Waals surface area contributed by atoms with Crippen LogP contribution in [-0.2, 0) is 4.79 Å². The Bertz CT molecular complexity index is 195. The van der Waals surface area contributed by atoms with Gasteiger partial charge in [-0.15, -0.1) is 0 Å². The predicted molar refractivity (Wildman–Crippen MR) is 52.6 cm³/mol. The minimum Gasteiger partial charge on any atom is -0.343 e. The first-order valence-electron chi connectivity index (χ1n) is 4.69. The van der Waals surface area contributed by atoms with Gasteiger partial charge >= 0.3 is 0 Å². The Morgan fingerprint density at radius 2 is 2.15 bits per heavy atom. The van der Waals surface area contributed by atoms with Crippen molar-refractivity contribution >= 4 is 5.91 Å². The molecule has 1 saturated heterocycles. The van der Waals surface area contributed by atoms with Crippen molar-refractivity contribution in [3.8, 4) is 0 Å². The number of amides is 1. The van der Waals surface area contributed by atoms with E-state index in [1.54, 1.807) is 0 Å². The Hall–Kier alpha value is -0.610. The van der Waals surface area contributed by atoms with Crippen molar-refractivity contribution in [3.05, 3.63) is 0 Å². The van der Waals surface area contributed by atoms with Crippen molar-refractivity contribution < 1.29 is 4.79 Å². The van der Waals surface area contributed by atoms with Crippen LogP contribution < -0.4 is 5.32 Å². The maximum absolute atomic E-state index is 11.7. The summed E-state index contributed by atoms with van der Waals surface area (Å²) in [4.78, 5) is 15.7. The fraction of sp³-hybridized carbons (Fsp3) is 0.889. The molecule has 0 radical (unpaired) electrons. The Balaban J connectivity index is 2.70. The molecule has 1 rings (SSSR count). The molecule has 13 heavy (non-hydrogen) atoms. The number of hydrogen-bond donors (Lipinski definition) is 1. The third-order valence-corrected chi connectivity index (χ3v) is 2.78. The van der Waals surface area contributed by atoms with Gasteiger partial charge in [0.05, 0.1) is 0 Å². The number of nitrogens with zero attached hydrogens (tertiary/aromatic N) is 2. The smallest absolute Gasteiger partial charge is 0.241 e. The molecule has 0 aromatic heterocycles. The number of likely N-dealkylation sites (N-methyl/N-ethyl adjacent to an activating group) is 3. The topological polar surface area (TPSA) is 35.6 Å². The average Bonchev–Trinajstić information content (AvgIpc) is 2.09. The highest BCUT2D eigenvalue weighted by Gasteiger charge is 2.33. The largest absolute Gasteiger partial charge is 0.343 e. The van der Waals surface area contributed by atoms with Crippen LogP contribution in [0.2, 0.25) is 0 Å². The van der Waals surface area contributed by atoms with E-state index in [0.29, 0.717) is 6.04 Å². The molecule has 0 saturated carbocycles. The van der Waals surface area contributed by atoms with Gasteiger partial charge in [0, 0.05) is 26.2 Å². The highest BCUT2D eigenvalue weighted by atomic mass is 16.2. The molecule has 76 valence electrons. The molecule has 0 spiro atoms. The lowest BCUT2D eigenvalue weighted by atomic mass is 10.1. The molecule has 4 nitrogen and oxygen atoms in total. The van der Waals surface area contributed by atoms with Crippen molar-refractivity contribution in [3.63, 3.8) is 0 Å². The van der Waals surface area contributed by atoms with E-state index >= 15 is 0 Å².